The van der Waals surface area contributed by atoms with Gasteiger partial charge in [0.05, 0.1) is 5.25 Å². The van der Waals surface area contributed by atoms with Gasteiger partial charge in [0.25, 0.3) is 0 Å². The number of nitrogens with one attached hydrogen (secondary N) is 1. The quantitative estimate of drug-likeness (QED) is 0.842. The number of hydrogen-bond acceptors (Lipinski definition) is 3. The average Bonchev–Trinajstić information content (AvgIpc) is 2.48. The van der Waals surface area contributed by atoms with Gasteiger partial charge in [-0.15, -0.1) is 0 Å². The Hall–Kier alpha value is -0.910. The molecule has 0 amide bonds. The summed E-state index contributed by atoms with van der Waals surface area (Å²) in [6, 6.07) is 7.96. The first-order valence-corrected chi connectivity index (χ1v) is 8.93. The van der Waals surface area contributed by atoms with Crippen molar-refractivity contribution in [2.75, 3.05) is 6.54 Å². The standard InChI is InChI=1S/C15H24N2O2S/c16-11-10-13-6-8-14(9-7-13)12-17-20(18,19)15-4-2-1-3-5-15/h6-9,15,17H,1-5,10-12,16H2. The Morgan fingerprint density at radius 1 is 1.05 bits per heavy atom. The van der Waals surface area contributed by atoms with Crippen LogP contribution in [-0.2, 0) is 23.0 Å². The van der Waals surface area contributed by atoms with Gasteiger partial charge in [-0.3, -0.25) is 0 Å². The predicted molar refractivity (Wildman–Crippen MR) is 81.8 cm³/mol. The fourth-order valence-corrected chi connectivity index (χ4v) is 4.23. The van der Waals surface area contributed by atoms with Crippen molar-refractivity contribution in [2.45, 2.75) is 50.3 Å². The van der Waals surface area contributed by atoms with Crippen molar-refractivity contribution in [1.29, 1.82) is 0 Å². The molecule has 0 aromatic heterocycles. The predicted octanol–water partition coefficient (Wildman–Crippen LogP) is 1.94. The van der Waals surface area contributed by atoms with Crippen molar-refractivity contribution in [3.8, 4) is 0 Å². The van der Waals surface area contributed by atoms with Gasteiger partial charge in [0, 0.05) is 6.54 Å². The summed E-state index contributed by atoms with van der Waals surface area (Å²) in [5.41, 5.74) is 7.68. The van der Waals surface area contributed by atoms with Crippen LogP contribution in [0.4, 0.5) is 0 Å². The molecule has 20 heavy (non-hydrogen) atoms. The van der Waals surface area contributed by atoms with Crippen LogP contribution in [0.25, 0.3) is 0 Å². The number of benzene rings is 1. The Balaban J connectivity index is 1.90. The zero-order chi connectivity index (χ0) is 14.4. The van der Waals surface area contributed by atoms with Crippen molar-refractivity contribution < 1.29 is 8.42 Å². The normalized spacial score (nSPS) is 17.2. The van der Waals surface area contributed by atoms with E-state index in [1.165, 1.54) is 5.56 Å². The van der Waals surface area contributed by atoms with Crippen LogP contribution in [0, 0.1) is 0 Å². The highest BCUT2D eigenvalue weighted by molar-refractivity contribution is 7.90. The Kier molecular flexibility index (Phi) is 5.57. The second-order valence-corrected chi connectivity index (χ2v) is 7.53. The molecule has 0 atom stereocenters. The summed E-state index contributed by atoms with van der Waals surface area (Å²) in [7, 11) is -3.17. The first kappa shape index (κ1) is 15.5. The largest absolute Gasteiger partial charge is 0.330 e. The molecule has 0 radical (unpaired) electrons. The van der Waals surface area contributed by atoms with Gasteiger partial charge in [0.2, 0.25) is 10.0 Å². The van der Waals surface area contributed by atoms with Crippen molar-refractivity contribution in [3.63, 3.8) is 0 Å². The summed E-state index contributed by atoms with van der Waals surface area (Å²) in [4.78, 5) is 0. The van der Waals surface area contributed by atoms with Gasteiger partial charge < -0.3 is 5.73 Å². The molecule has 1 aliphatic carbocycles. The molecule has 1 aliphatic rings. The molecule has 1 aromatic rings. The van der Waals surface area contributed by atoms with Gasteiger partial charge in [0.1, 0.15) is 0 Å². The zero-order valence-corrected chi connectivity index (χ0v) is 12.7. The minimum Gasteiger partial charge on any atom is -0.330 e. The highest BCUT2D eigenvalue weighted by Crippen LogP contribution is 2.23. The lowest BCUT2D eigenvalue weighted by molar-refractivity contribution is 0.477. The van der Waals surface area contributed by atoms with Crippen LogP contribution in [0.15, 0.2) is 24.3 Å². The molecule has 1 aromatic carbocycles. The molecule has 0 saturated heterocycles. The van der Waals surface area contributed by atoms with Gasteiger partial charge in [-0.25, -0.2) is 13.1 Å². The van der Waals surface area contributed by atoms with E-state index in [1.807, 2.05) is 24.3 Å². The summed E-state index contributed by atoms with van der Waals surface area (Å²) in [5, 5.41) is -0.201. The highest BCUT2D eigenvalue weighted by Gasteiger charge is 2.26. The minimum atomic E-state index is -3.17. The van der Waals surface area contributed by atoms with Crippen molar-refractivity contribution >= 4 is 10.0 Å². The third-order valence-electron chi connectivity index (χ3n) is 3.92. The summed E-state index contributed by atoms with van der Waals surface area (Å²) in [5.74, 6) is 0. The summed E-state index contributed by atoms with van der Waals surface area (Å²) < 4.78 is 27.1. The van der Waals surface area contributed by atoms with Crippen molar-refractivity contribution in [3.05, 3.63) is 35.4 Å². The maximum Gasteiger partial charge on any atom is 0.214 e. The topological polar surface area (TPSA) is 72.2 Å². The molecule has 2 rings (SSSR count). The van der Waals surface area contributed by atoms with Crippen LogP contribution in [-0.4, -0.2) is 20.2 Å². The molecule has 1 saturated carbocycles. The number of nitrogens with two attached hydrogens (primary N) is 1. The van der Waals surface area contributed by atoms with Crippen LogP contribution < -0.4 is 10.5 Å². The van der Waals surface area contributed by atoms with E-state index >= 15 is 0 Å². The van der Waals surface area contributed by atoms with Crippen LogP contribution in [0.1, 0.15) is 43.2 Å². The van der Waals surface area contributed by atoms with Crippen LogP contribution in [0.5, 0.6) is 0 Å². The maximum atomic E-state index is 12.2. The van der Waals surface area contributed by atoms with E-state index in [-0.39, 0.29) is 5.25 Å². The van der Waals surface area contributed by atoms with Gasteiger partial charge >= 0.3 is 0 Å². The molecule has 0 aliphatic heterocycles. The van der Waals surface area contributed by atoms with E-state index in [2.05, 4.69) is 4.72 Å². The molecule has 0 heterocycles. The summed E-state index contributed by atoms with van der Waals surface area (Å²) in [6.45, 7) is 1.01. The van der Waals surface area contributed by atoms with E-state index in [1.54, 1.807) is 0 Å². The molecule has 112 valence electrons. The van der Waals surface area contributed by atoms with Crippen LogP contribution in [0.2, 0.25) is 0 Å². The van der Waals surface area contributed by atoms with E-state index < -0.39 is 10.0 Å². The molecule has 5 heteroatoms. The zero-order valence-electron chi connectivity index (χ0n) is 11.8. The van der Waals surface area contributed by atoms with Crippen molar-refractivity contribution in [2.24, 2.45) is 5.73 Å². The summed E-state index contributed by atoms with van der Waals surface area (Å²) >= 11 is 0. The molecular formula is C15H24N2O2S. The fraction of sp³-hybridized carbons (Fsp3) is 0.600. The fourth-order valence-electron chi connectivity index (χ4n) is 2.67. The van der Waals surface area contributed by atoms with Crippen LogP contribution >= 0.6 is 0 Å². The SMILES string of the molecule is NCCc1ccc(CNS(=O)(=O)C2CCCCC2)cc1. The number of hydrogen-bond donors (Lipinski definition) is 2. The maximum absolute atomic E-state index is 12.2. The Morgan fingerprint density at radius 3 is 2.25 bits per heavy atom. The molecule has 1 fully saturated rings. The van der Waals surface area contributed by atoms with E-state index in [0.29, 0.717) is 13.1 Å². The Morgan fingerprint density at radius 2 is 1.65 bits per heavy atom. The second-order valence-electron chi connectivity index (χ2n) is 5.48. The molecule has 4 nitrogen and oxygen atoms in total. The van der Waals surface area contributed by atoms with Crippen molar-refractivity contribution in [1.82, 2.24) is 4.72 Å². The lowest BCUT2D eigenvalue weighted by Crippen LogP contribution is -2.35. The lowest BCUT2D eigenvalue weighted by Gasteiger charge is -2.22. The van der Waals surface area contributed by atoms with E-state index in [9.17, 15) is 8.42 Å². The molecular weight excluding hydrogens is 272 g/mol. The number of sulfonamides is 1. The molecule has 0 spiro atoms. The Labute approximate surface area is 121 Å². The minimum absolute atomic E-state index is 0.201. The lowest BCUT2D eigenvalue weighted by atomic mass is 10.0. The first-order chi connectivity index (χ1) is 9.62. The molecule has 3 N–H and O–H groups in total. The number of rotatable bonds is 6. The van der Waals surface area contributed by atoms with Gasteiger partial charge in [-0.05, 0) is 36.9 Å². The second kappa shape index (κ2) is 7.20. The monoisotopic (exact) mass is 296 g/mol. The first-order valence-electron chi connectivity index (χ1n) is 7.38. The molecule has 0 bridgehead atoms. The molecule has 0 unspecified atom stereocenters. The smallest absolute Gasteiger partial charge is 0.214 e. The highest BCUT2D eigenvalue weighted by atomic mass is 32.2. The average molecular weight is 296 g/mol. The van der Waals surface area contributed by atoms with Gasteiger partial charge in [-0.2, -0.15) is 0 Å². The third kappa shape index (κ3) is 4.30. The van der Waals surface area contributed by atoms with Gasteiger partial charge in [0.15, 0.2) is 0 Å². The van der Waals surface area contributed by atoms with Gasteiger partial charge in [-0.1, -0.05) is 43.5 Å². The third-order valence-corrected chi connectivity index (χ3v) is 5.82. The van der Waals surface area contributed by atoms with E-state index in [0.717, 1.165) is 44.1 Å². The van der Waals surface area contributed by atoms with E-state index in [4.69, 9.17) is 5.73 Å². The van der Waals surface area contributed by atoms with Crippen LogP contribution in [0.3, 0.4) is 0 Å². The Bertz CT molecular complexity index is 505. The summed E-state index contributed by atoms with van der Waals surface area (Å²) in [6.07, 6.45) is 5.66.